The van der Waals surface area contributed by atoms with Gasteiger partial charge in [0, 0.05) is 5.41 Å². The van der Waals surface area contributed by atoms with E-state index in [0.717, 1.165) is 6.42 Å². The summed E-state index contributed by atoms with van der Waals surface area (Å²) in [4.78, 5) is 0. The van der Waals surface area contributed by atoms with Crippen LogP contribution in [0.5, 0.6) is 0 Å². The summed E-state index contributed by atoms with van der Waals surface area (Å²) in [5.74, 6) is 0.284. The molecule has 0 bridgehead atoms. The highest BCUT2D eigenvalue weighted by atomic mass is 14.3. The second-order valence-corrected chi connectivity index (χ2v) is 3.70. The fraction of sp³-hybridized carbons (Fsp3) is 0.312. The first-order chi connectivity index (χ1) is 7.70. The first-order valence-electron chi connectivity index (χ1n) is 5.58. The van der Waals surface area contributed by atoms with Gasteiger partial charge in [0.1, 0.15) is 0 Å². The minimum Gasteiger partial charge on any atom is -0.132 e. The summed E-state index contributed by atoms with van der Waals surface area (Å²) in [5, 5.41) is 0. The molecule has 0 saturated carbocycles. The molecule has 0 aliphatic rings. The summed E-state index contributed by atoms with van der Waals surface area (Å²) in [7, 11) is 0. The molecule has 0 aliphatic heterocycles. The zero-order valence-corrected chi connectivity index (χ0v) is 10.4. The first kappa shape index (κ1) is 14.5. The third-order valence-corrected chi connectivity index (χ3v) is 2.71. The van der Waals surface area contributed by atoms with Crippen molar-refractivity contribution >= 4 is 0 Å². The van der Waals surface area contributed by atoms with E-state index in [1.807, 2.05) is 38.2 Å². The second kappa shape index (κ2) is 7.73. The Bertz CT molecular complexity index is 324. The Labute approximate surface area is 100 Å². The molecule has 0 heteroatoms. The quantitative estimate of drug-likeness (QED) is 0.420. The molecule has 16 heavy (non-hydrogen) atoms. The summed E-state index contributed by atoms with van der Waals surface area (Å²) in [6.07, 6.45) is 15.1. The van der Waals surface area contributed by atoms with Crippen LogP contribution in [0.15, 0.2) is 68.0 Å². The molecule has 0 aromatic carbocycles. The summed E-state index contributed by atoms with van der Waals surface area (Å²) >= 11 is 0. The third kappa shape index (κ3) is 3.56. The minimum absolute atomic E-state index is 0.224. The molecule has 2 atom stereocenters. The molecule has 0 aliphatic carbocycles. The van der Waals surface area contributed by atoms with Crippen LogP contribution in [-0.2, 0) is 0 Å². The lowest BCUT2D eigenvalue weighted by atomic mass is 9.73. The smallest absolute Gasteiger partial charge is 0.0379 e. The molecule has 0 heterocycles. The highest BCUT2D eigenvalue weighted by Gasteiger charge is 2.27. The first-order valence-corrected chi connectivity index (χ1v) is 5.58. The third-order valence-electron chi connectivity index (χ3n) is 2.71. The number of hydrogen-bond donors (Lipinski definition) is 0. The van der Waals surface area contributed by atoms with Gasteiger partial charge in [-0.05, 0) is 32.3 Å². The van der Waals surface area contributed by atoms with Crippen molar-refractivity contribution in [1.29, 1.82) is 0 Å². The van der Waals surface area contributed by atoms with Crippen LogP contribution in [0.25, 0.3) is 0 Å². The van der Waals surface area contributed by atoms with Crippen molar-refractivity contribution in [3.8, 4) is 0 Å². The van der Waals surface area contributed by atoms with Gasteiger partial charge in [0.25, 0.3) is 0 Å². The zero-order chi connectivity index (χ0) is 12.4. The van der Waals surface area contributed by atoms with Crippen molar-refractivity contribution in [1.82, 2.24) is 0 Å². The van der Waals surface area contributed by atoms with E-state index in [1.165, 1.54) is 0 Å². The largest absolute Gasteiger partial charge is 0.132 e. The summed E-state index contributed by atoms with van der Waals surface area (Å²) in [6.45, 7) is 15.5. The zero-order valence-electron chi connectivity index (χ0n) is 10.4. The van der Waals surface area contributed by atoms with E-state index in [9.17, 15) is 0 Å². The lowest BCUT2D eigenvalue weighted by Crippen LogP contribution is -2.22. The second-order valence-electron chi connectivity index (χ2n) is 3.70. The molecule has 0 aromatic heterocycles. The highest BCUT2D eigenvalue weighted by Crippen LogP contribution is 2.36. The lowest BCUT2D eigenvalue weighted by molar-refractivity contribution is 0.449. The van der Waals surface area contributed by atoms with Gasteiger partial charge in [0.05, 0.1) is 0 Å². The normalized spacial score (nSPS) is 16.6. The van der Waals surface area contributed by atoms with Crippen LogP contribution in [0, 0.1) is 11.3 Å². The number of hydrogen-bond acceptors (Lipinski definition) is 0. The standard InChI is InChI=1S/C16H22/c1-6-11-12-15(9-4)16(10-5,13-7-2)14-8-3/h6,8-11,13-15H,2,4-5,12H2,1,3H3. The van der Waals surface area contributed by atoms with Gasteiger partial charge in [-0.3, -0.25) is 0 Å². The van der Waals surface area contributed by atoms with Crippen LogP contribution in [-0.4, -0.2) is 0 Å². The van der Waals surface area contributed by atoms with Gasteiger partial charge in [-0.15, -0.1) is 18.9 Å². The van der Waals surface area contributed by atoms with Gasteiger partial charge >= 0.3 is 0 Å². The van der Waals surface area contributed by atoms with Crippen LogP contribution < -0.4 is 0 Å². The Kier molecular flexibility index (Phi) is 7.00. The monoisotopic (exact) mass is 214 g/mol. The van der Waals surface area contributed by atoms with Gasteiger partial charge in [0.2, 0.25) is 0 Å². The number of allylic oxidation sites excluding steroid dienone is 7. The maximum absolute atomic E-state index is 3.93. The van der Waals surface area contributed by atoms with Gasteiger partial charge in [-0.2, -0.15) is 0 Å². The maximum Gasteiger partial charge on any atom is 0.0379 e. The Morgan fingerprint density at radius 2 is 1.94 bits per heavy atom. The SMILES string of the molecule is C=C=CC(C=C)(C=CC)C(C=C)CC=CC. The van der Waals surface area contributed by atoms with E-state index in [-0.39, 0.29) is 11.3 Å². The lowest BCUT2D eigenvalue weighted by Gasteiger charge is -2.30. The number of rotatable bonds is 7. The van der Waals surface area contributed by atoms with Crippen molar-refractivity contribution in [3.05, 3.63) is 68.0 Å². The van der Waals surface area contributed by atoms with Crippen molar-refractivity contribution in [2.75, 3.05) is 0 Å². The van der Waals surface area contributed by atoms with Crippen molar-refractivity contribution in [2.45, 2.75) is 20.3 Å². The van der Waals surface area contributed by atoms with Crippen LogP contribution in [0.2, 0.25) is 0 Å². The molecule has 0 nitrogen and oxygen atoms in total. The molecule has 2 unspecified atom stereocenters. The Morgan fingerprint density at radius 3 is 2.31 bits per heavy atom. The molecular weight excluding hydrogens is 192 g/mol. The van der Waals surface area contributed by atoms with E-state index >= 15 is 0 Å². The molecule has 0 saturated heterocycles. The van der Waals surface area contributed by atoms with Crippen LogP contribution in [0.1, 0.15) is 20.3 Å². The molecule has 0 rings (SSSR count). The highest BCUT2D eigenvalue weighted by molar-refractivity contribution is 5.24. The molecule has 0 spiro atoms. The molecular formula is C16H22. The maximum atomic E-state index is 3.93. The van der Waals surface area contributed by atoms with Gasteiger partial charge in [-0.25, -0.2) is 0 Å². The average Bonchev–Trinajstić information content (AvgIpc) is 2.30. The van der Waals surface area contributed by atoms with Gasteiger partial charge in [0.15, 0.2) is 0 Å². The molecule has 0 amide bonds. The molecule has 0 N–H and O–H groups in total. The predicted octanol–water partition coefficient (Wildman–Crippen LogP) is 4.84. The summed E-state index contributed by atoms with van der Waals surface area (Å²) in [6, 6.07) is 0. The van der Waals surface area contributed by atoms with E-state index < -0.39 is 0 Å². The van der Waals surface area contributed by atoms with Gasteiger partial charge < -0.3 is 0 Å². The van der Waals surface area contributed by atoms with Gasteiger partial charge in [-0.1, -0.05) is 43.0 Å². The van der Waals surface area contributed by atoms with Crippen LogP contribution in [0.3, 0.4) is 0 Å². The minimum atomic E-state index is -0.224. The van der Waals surface area contributed by atoms with E-state index in [4.69, 9.17) is 0 Å². The topological polar surface area (TPSA) is 0 Å². The Balaban J connectivity index is 5.32. The van der Waals surface area contributed by atoms with Crippen molar-refractivity contribution in [3.63, 3.8) is 0 Å². The average molecular weight is 214 g/mol. The fourth-order valence-electron chi connectivity index (χ4n) is 1.81. The fourth-order valence-corrected chi connectivity index (χ4v) is 1.81. The Morgan fingerprint density at radius 1 is 1.25 bits per heavy atom. The predicted molar refractivity (Wildman–Crippen MR) is 74.3 cm³/mol. The van der Waals surface area contributed by atoms with Crippen LogP contribution >= 0.6 is 0 Å². The van der Waals surface area contributed by atoms with E-state index in [0.29, 0.717) is 0 Å². The molecule has 0 aromatic rings. The molecule has 0 fully saturated rings. The summed E-state index contributed by atoms with van der Waals surface area (Å²) in [5.41, 5.74) is 2.64. The summed E-state index contributed by atoms with van der Waals surface area (Å²) < 4.78 is 0. The Hall–Kier alpha value is -1.52. The van der Waals surface area contributed by atoms with Crippen LogP contribution in [0.4, 0.5) is 0 Å². The van der Waals surface area contributed by atoms with Crippen molar-refractivity contribution < 1.29 is 0 Å². The molecule has 0 radical (unpaired) electrons. The van der Waals surface area contributed by atoms with E-state index in [1.54, 1.807) is 0 Å². The van der Waals surface area contributed by atoms with E-state index in [2.05, 4.69) is 43.7 Å². The molecule has 86 valence electrons. The van der Waals surface area contributed by atoms with Crippen molar-refractivity contribution in [2.24, 2.45) is 11.3 Å².